The number of fused-ring (bicyclic) bond motifs is 1. The summed E-state index contributed by atoms with van der Waals surface area (Å²) in [6, 6.07) is 21.8. The number of ether oxygens (including phenoxy) is 2. The van der Waals surface area contributed by atoms with Crippen molar-refractivity contribution in [2.45, 2.75) is 19.8 Å². The molecular weight excluding hydrogens is 362 g/mol. The number of unbranched alkanes of at least 4 members (excludes halogenated alkanes) is 1. The molecule has 0 saturated heterocycles. The number of amides is 1. The molecule has 0 fully saturated rings. The first-order valence-corrected chi connectivity index (χ1v) is 10.1. The summed E-state index contributed by atoms with van der Waals surface area (Å²) in [7, 11) is 0. The van der Waals surface area contributed by atoms with E-state index in [1.807, 2.05) is 54.6 Å². The van der Waals surface area contributed by atoms with Crippen molar-refractivity contribution in [3.8, 4) is 11.5 Å². The summed E-state index contributed by atoms with van der Waals surface area (Å²) in [5.74, 6) is 1.54. The Balaban J connectivity index is 1.41. The van der Waals surface area contributed by atoms with Crippen LogP contribution in [0.2, 0.25) is 0 Å². The average Bonchev–Trinajstić information content (AvgIpc) is 2.76. The molecule has 0 aliphatic carbocycles. The van der Waals surface area contributed by atoms with Crippen LogP contribution in [0.3, 0.4) is 0 Å². The first-order valence-electron chi connectivity index (χ1n) is 10.1. The molecule has 150 valence electrons. The number of hydrogen-bond donors (Lipinski definition) is 1. The summed E-state index contributed by atoms with van der Waals surface area (Å²) in [5.41, 5.74) is 0.954. The van der Waals surface area contributed by atoms with Crippen LogP contribution < -0.4 is 14.8 Å². The van der Waals surface area contributed by atoms with Crippen molar-refractivity contribution in [1.82, 2.24) is 5.32 Å². The zero-order valence-corrected chi connectivity index (χ0v) is 16.8. The third-order valence-electron chi connectivity index (χ3n) is 4.48. The van der Waals surface area contributed by atoms with Gasteiger partial charge in [0.05, 0.1) is 13.2 Å². The third kappa shape index (κ3) is 6.39. The molecule has 0 spiro atoms. The normalized spacial score (nSPS) is 10.9. The van der Waals surface area contributed by atoms with E-state index < -0.39 is 0 Å². The van der Waals surface area contributed by atoms with Crippen LogP contribution in [0.5, 0.6) is 11.5 Å². The van der Waals surface area contributed by atoms with Gasteiger partial charge in [-0.1, -0.05) is 61.9 Å². The molecule has 4 nitrogen and oxygen atoms in total. The second kappa shape index (κ2) is 10.9. The number of rotatable bonds is 10. The molecule has 0 aromatic heterocycles. The summed E-state index contributed by atoms with van der Waals surface area (Å²) in [5, 5.41) is 5.05. The van der Waals surface area contributed by atoms with Crippen LogP contribution >= 0.6 is 0 Å². The van der Waals surface area contributed by atoms with Gasteiger partial charge in [0.1, 0.15) is 18.1 Å². The van der Waals surface area contributed by atoms with Crippen LogP contribution in [-0.4, -0.2) is 25.7 Å². The Morgan fingerprint density at radius 3 is 2.55 bits per heavy atom. The largest absolute Gasteiger partial charge is 0.494 e. The molecule has 3 aromatic carbocycles. The summed E-state index contributed by atoms with van der Waals surface area (Å²) in [6.07, 6.45) is 5.48. The molecule has 0 aliphatic rings. The van der Waals surface area contributed by atoms with Crippen LogP contribution in [0.1, 0.15) is 25.3 Å². The van der Waals surface area contributed by atoms with Gasteiger partial charge in [0, 0.05) is 11.5 Å². The van der Waals surface area contributed by atoms with Gasteiger partial charge in [-0.25, -0.2) is 0 Å². The summed E-state index contributed by atoms with van der Waals surface area (Å²) in [6.45, 7) is 3.72. The molecule has 3 rings (SSSR count). The lowest BCUT2D eigenvalue weighted by molar-refractivity contribution is -0.116. The van der Waals surface area contributed by atoms with E-state index in [1.165, 1.54) is 6.08 Å². The van der Waals surface area contributed by atoms with E-state index in [9.17, 15) is 4.79 Å². The third-order valence-corrected chi connectivity index (χ3v) is 4.48. The maximum atomic E-state index is 12.0. The minimum absolute atomic E-state index is 0.144. The van der Waals surface area contributed by atoms with Crippen molar-refractivity contribution >= 4 is 22.8 Å². The zero-order chi connectivity index (χ0) is 20.3. The van der Waals surface area contributed by atoms with E-state index in [2.05, 4.69) is 24.4 Å². The Morgan fingerprint density at radius 1 is 0.931 bits per heavy atom. The highest BCUT2D eigenvalue weighted by atomic mass is 16.5. The van der Waals surface area contributed by atoms with Crippen LogP contribution in [0, 0.1) is 0 Å². The zero-order valence-electron chi connectivity index (χ0n) is 16.8. The highest BCUT2D eigenvalue weighted by Crippen LogP contribution is 2.24. The fourth-order valence-corrected chi connectivity index (χ4v) is 2.90. The van der Waals surface area contributed by atoms with Crippen LogP contribution in [-0.2, 0) is 4.79 Å². The number of nitrogens with one attached hydrogen (secondary N) is 1. The lowest BCUT2D eigenvalue weighted by Crippen LogP contribution is -2.26. The number of benzene rings is 3. The fraction of sp³-hybridized carbons (Fsp3) is 0.240. The standard InChI is InChI=1S/C25H27NO3/c1-2-3-18-28-22-14-11-20(12-15-22)13-16-25(27)26-17-19-29-24-10-6-8-21-7-4-5-9-23(21)24/h4-16H,2-3,17-19H2,1H3,(H,26,27)/b16-13+. The van der Waals surface area contributed by atoms with Gasteiger partial charge in [-0.2, -0.15) is 0 Å². The van der Waals surface area contributed by atoms with Crippen molar-refractivity contribution in [2.24, 2.45) is 0 Å². The molecule has 0 unspecified atom stereocenters. The first kappa shape index (κ1) is 20.5. The van der Waals surface area contributed by atoms with Gasteiger partial charge < -0.3 is 14.8 Å². The average molecular weight is 389 g/mol. The maximum absolute atomic E-state index is 12.0. The van der Waals surface area contributed by atoms with Gasteiger partial charge in [-0.15, -0.1) is 0 Å². The number of carbonyl (C=O) groups excluding carboxylic acids is 1. The molecule has 0 saturated carbocycles. The highest BCUT2D eigenvalue weighted by molar-refractivity contribution is 5.91. The summed E-state index contributed by atoms with van der Waals surface area (Å²) in [4.78, 5) is 12.0. The molecule has 0 radical (unpaired) electrons. The molecule has 0 aliphatic heterocycles. The predicted molar refractivity (Wildman–Crippen MR) is 118 cm³/mol. The molecule has 29 heavy (non-hydrogen) atoms. The minimum Gasteiger partial charge on any atom is -0.494 e. The van der Waals surface area contributed by atoms with Gasteiger partial charge in [0.25, 0.3) is 0 Å². The van der Waals surface area contributed by atoms with Gasteiger partial charge in [-0.05, 0) is 41.6 Å². The van der Waals surface area contributed by atoms with Gasteiger partial charge >= 0.3 is 0 Å². The predicted octanol–water partition coefficient (Wildman–Crippen LogP) is 5.23. The fourth-order valence-electron chi connectivity index (χ4n) is 2.90. The second-order valence-corrected chi connectivity index (χ2v) is 6.72. The Labute approximate surface area is 172 Å². The van der Waals surface area contributed by atoms with E-state index in [4.69, 9.17) is 9.47 Å². The minimum atomic E-state index is -0.144. The lowest BCUT2D eigenvalue weighted by Gasteiger charge is -2.09. The van der Waals surface area contributed by atoms with Crippen molar-refractivity contribution in [2.75, 3.05) is 19.8 Å². The van der Waals surface area contributed by atoms with E-state index in [-0.39, 0.29) is 5.91 Å². The Kier molecular flexibility index (Phi) is 7.70. The van der Waals surface area contributed by atoms with Crippen molar-refractivity contribution in [1.29, 1.82) is 0 Å². The molecule has 3 aromatic rings. The van der Waals surface area contributed by atoms with Crippen molar-refractivity contribution < 1.29 is 14.3 Å². The summed E-state index contributed by atoms with van der Waals surface area (Å²) >= 11 is 0. The topological polar surface area (TPSA) is 47.6 Å². The molecule has 0 bridgehead atoms. The van der Waals surface area contributed by atoms with Crippen LogP contribution in [0.15, 0.2) is 72.8 Å². The smallest absolute Gasteiger partial charge is 0.244 e. The lowest BCUT2D eigenvalue weighted by atomic mass is 10.1. The van der Waals surface area contributed by atoms with Gasteiger partial charge in [0.15, 0.2) is 0 Å². The van der Waals surface area contributed by atoms with Crippen LogP contribution in [0.4, 0.5) is 0 Å². The van der Waals surface area contributed by atoms with Crippen LogP contribution in [0.25, 0.3) is 16.8 Å². The van der Waals surface area contributed by atoms with Gasteiger partial charge in [0.2, 0.25) is 5.91 Å². The monoisotopic (exact) mass is 389 g/mol. The Hall–Kier alpha value is -3.27. The van der Waals surface area contributed by atoms with Crippen molar-refractivity contribution in [3.63, 3.8) is 0 Å². The second-order valence-electron chi connectivity index (χ2n) is 6.72. The molecular formula is C25H27NO3. The summed E-state index contributed by atoms with van der Waals surface area (Å²) < 4.78 is 11.5. The quantitative estimate of drug-likeness (QED) is 0.382. The molecule has 0 atom stereocenters. The van der Waals surface area contributed by atoms with E-state index in [0.717, 1.165) is 47.3 Å². The SMILES string of the molecule is CCCCOc1ccc(/C=C/C(=O)NCCOc2cccc3ccccc23)cc1. The van der Waals surface area contributed by atoms with E-state index in [0.29, 0.717) is 13.2 Å². The Morgan fingerprint density at radius 2 is 1.72 bits per heavy atom. The molecule has 4 heteroatoms. The number of hydrogen-bond acceptors (Lipinski definition) is 3. The Bertz CT molecular complexity index is 942. The maximum Gasteiger partial charge on any atom is 0.244 e. The first-order chi connectivity index (χ1) is 14.3. The molecule has 0 heterocycles. The van der Waals surface area contributed by atoms with Gasteiger partial charge in [-0.3, -0.25) is 4.79 Å². The van der Waals surface area contributed by atoms with E-state index in [1.54, 1.807) is 6.08 Å². The number of carbonyl (C=O) groups is 1. The highest BCUT2D eigenvalue weighted by Gasteiger charge is 2.01. The molecule has 1 N–H and O–H groups in total. The van der Waals surface area contributed by atoms with Crippen molar-refractivity contribution in [3.05, 3.63) is 78.4 Å². The molecule has 1 amide bonds. The van der Waals surface area contributed by atoms with E-state index >= 15 is 0 Å².